The maximum Gasteiger partial charge on any atom is 0.176 e. The van der Waals surface area contributed by atoms with E-state index >= 15 is 0 Å². The molecular formula is C12H18N6. The Bertz CT molecular complexity index is 466. The summed E-state index contributed by atoms with van der Waals surface area (Å²) in [6.45, 7) is 3.12. The second-order valence-corrected chi connectivity index (χ2v) is 4.19. The molecule has 0 aliphatic carbocycles. The minimum atomic E-state index is 0.206. The van der Waals surface area contributed by atoms with Crippen molar-refractivity contribution >= 4 is 0 Å². The molecule has 2 rings (SSSR count). The summed E-state index contributed by atoms with van der Waals surface area (Å²) >= 11 is 0. The summed E-state index contributed by atoms with van der Waals surface area (Å²) in [5.74, 6) is 0.753. The molecule has 6 nitrogen and oxygen atoms in total. The summed E-state index contributed by atoms with van der Waals surface area (Å²) in [4.78, 5) is 5.53. The molecule has 96 valence electrons. The molecule has 0 spiro atoms. The van der Waals surface area contributed by atoms with E-state index < -0.39 is 0 Å². The zero-order valence-corrected chi connectivity index (χ0v) is 10.7. The Morgan fingerprint density at radius 2 is 2.11 bits per heavy atom. The van der Waals surface area contributed by atoms with Gasteiger partial charge in [-0.25, -0.2) is 0 Å². The summed E-state index contributed by atoms with van der Waals surface area (Å²) in [7, 11) is 1.78. The molecule has 0 radical (unpaired) electrons. The maximum atomic E-state index is 4.22. The third kappa shape index (κ3) is 3.33. The van der Waals surface area contributed by atoms with E-state index in [0.29, 0.717) is 0 Å². The molecule has 1 N–H and O–H groups in total. The van der Waals surface area contributed by atoms with Crippen LogP contribution in [0.4, 0.5) is 0 Å². The number of tetrazole rings is 1. The van der Waals surface area contributed by atoms with Crippen molar-refractivity contribution in [3.63, 3.8) is 0 Å². The van der Waals surface area contributed by atoms with Crippen LogP contribution in [0.3, 0.4) is 0 Å². The van der Waals surface area contributed by atoms with E-state index in [-0.39, 0.29) is 6.04 Å². The Morgan fingerprint density at radius 3 is 2.72 bits per heavy atom. The highest BCUT2D eigenvalue weighted by Gasteiger charge is 2.14. The van der Waals surface area contributed by atoms with Crippen LogP contribution in [-0.2, 0) is 13.5 Å². The molecule has 0 aliphatic rings. The van der Waals surface area contributed by atoms with Gasteiger partial charge < -0.3 is 5.32 Å². The van der Waals surface area contributed by atoms with Crippen LogP contribution >= 0.6 is 0 Å². The average molecular weight is 246 g/mol. The Balaban J connectivity index is 2.10. The van der Waals surface area contributed by atoms with Crippen LogP contribution in [0.2, 0.25) is 0 Å². The molecule has 2 aromatic rings. The van der Waals surface area contributed by atoms with Gasteiger partial charge in [-0.2, -0.15) is 4.80 Å². The summed E-state index contributed by atoms with van der Waals surface area (Å²) in [5, 5.41) is 15.6. The number of nitrogens with zero attached hydrogens (tertiary/aromatic N) is 5. The van der Waals surface area contributed by atoms with E-state index in [0.717, 1.165) is 25.2 Å². The van der Waals surface area contributed by atoms with Gasteiger partial charge in [0, 0.05) is 24.9 Å². The molecule has 1 atom stereocenters. The van der Waals surface area contributed by atoms with Crippen LogP contribution in [0.25, 0.3) is 0 Å². The van der Waals surface area contributed by atoms with Crippen molar-refractivity contribution in [3.05, 3.63) is 35.9 Å². The number of aromatic nitrogens is 5. The number of hydrogen-bond acceptors (Lipinski definition) is 5. The van der Waals surface area contributed by atoms with E-state index in [4.69, 9.17) is 0 Å². The van der Waals surface area contributed by atoms with Crippen molar-refractivity contribution in [3.8, 4) is 0 Å². The predicted octanol–water partition coefficient (Wildman–Crippen LogP) is 0.888. The number of nitrogens with one attached hydrogen (secondary N) is 1. The number of rotatable bonds is 6. The topological polar surface area (TPSA) is 68.5 Å². The van der Waals surface area contributed by atoms with Crippen LogP contribution < -0.4 is 5.32 Å². The molecule has 0 aromatic carbocycles. The van der Waals surface area contributed by atoms with E-state index in [1.165, 1.54) is 10.4 Å². The summed E-state index contributed by atoms with van der Waals surface area (Å²) in [6, 6.07) is 4.24. The van der Waals surface area contributed by atoms with Crippen molar-refractivity contribution in [2.45, 2.75) is 25.8 Å². The first kappa shape index (κ1) is 12.6. The highest BCUT2D eigenvalue weighted by Crippen LogP contribution is 2.15. The molecule has 0 amide bonds. The monoisotopic (exact) mass is 246 g/mol. The van der Waals surface area contributed by atoms with Crippen LogP contribution in [0.15, 0.2) is 24.5 Å². The van der Waals surface area contributed by atoms with Crippen LogP contribution in [-0.4, -0.2) is 31.7 Å². The first-order valence-electron chi connectivity index (χ1n) is 6.15. The highest BCUT2D eigenvalue weighted by atomic mass is 15.6. The molecule has 0 bridgehead atoms. The minimum absolute atomic E-state index is 0.206. The molecule has 0 saturated heterocycles. The van der Waals surface area contributed by atoms with E-state index in [1.54, 1.807) is 19.4 Å². The SMILES string of the molecule is CCCNC(Cc1nnn(C)n1)c1ccncc1. The van der Waals surface area contributed by atoms with Gasteiger partial charge >= 0.3 is 0 Å². The largest absolute Gasteiger partial charge is 0.310 e. The normalized spacial score (nSPS) is 12.6. The van der Waals surface area contributed by atoms with Crippen LogP contribution in [0.5, 0.6) is 0 Å². The molecule has 0 fully saturated rings. The third-order valence-corrected chi connectivity index (χ3v) is 2.69. The lowest BCUT2D eigenvalue weighted by Crippen LogP contribution is -2.24. The van der Waals surface area contributed by atoms with Crippen molar-refractivity contribution in [2.75, 3.05) is 6.54 Å². The summed E-state index contributed by atoms with van der Waals surface area (Å²) in [5.41, 5.74) is 1.20. The fraction of sp³-hybridized carbons (Fsp3) is 0.500. The Hall–Kier alpha value is -1.82. The second-order valence-electron chi connectivity index (χ2n) is 4.19. The Labute approximate surface area is 106 Å². The molecule has 6 heteroatoms. The second kappa shape index (κ2) is 6.20. The summed E-state index contributed by atoms with van der Waals surface area (Å²) < 4.78 is 0. The first-order valence-corrected chi connectivity index (χ1v) is 6.15. The molecule has 2 aromatic heterocycles. The first-order chi connectivity index (χ1) is 8.79. The Kier molecular flexibility index (Phi) is 4.35. The lowest BCUT2D eigenvalue weighted by Gasteiger charge is -2.16. The highest BCUT2D eigenvalue weighted by molar-refractivity contribution is 5.16. The Morgan fingerprint density at radius 1 is 1.33 bits per heavy atom. The zero-order valence-electron chi connectivity index (χ0n) is 10.7. The van der Waals surface area contributed by atoms with Gasteiger partial charge in [0.05, 0.1) is 7.05 Å². The molecule has 1 unspecified atom stereocenters. The van der Waals surface area contributed by atoms with Crippen molar-refractivity contribution in [1.82, 2.24) is 30.5 Å². The number of hydrogen-bond donors (Lipinski definition) is 1. The number of aryl methyl sites for hydroxylation is 1. The van der Waals surface area contributed by atoms with Gasteiger partial charge in [0.15, 0.2) is 5.82 Å². The number of pyridine rings is 1. The van der Waals surface area contributed by atoms with Gasteiger partial charge in [-0.15, -0.1) is 10.2 Å². The quantitative estimate of drug-likeness (QED) is 0.819. The molecule has 0 saturated carbocycles. The molecule has 0 aliphatic heterocycles. The predicted molar refractivity (Wildman–Crippen MR) is 67.8 cm³/mol. The average Bonchev–Trinajstić information content (AvgIpc) is 2.81. The van der Waals surface area contributed by atoms with Crippen molar-refractivity contribution in [1.29, 1.82) is 0 Å². The fourth-order valence-corrected chi connectivity index (χ4v) is 1.81. The van der Waals surface area contributed by atoms with Gasteiger partial charge in [0.25, 0.3) is 0 Å². The van der Waals surface area contributed by atoms with Gasteiger partial charge in [0.2, 0.25) is 0 Å². The smallest absolute Gasteiger partial charge is 0.176 e. The third-order valence-electron chi connectivity index (χ3n) is 2.69. The fourth-order valence-electron chi connectivity index (χ4n) is 1.81. The van der Waals surface area contributed by atoms with E-state index in [9.17, 15) is 0 Å². The lowest BCUT2D eigenvalue weighted by atomic mass is 10.0. The molecular weight excluding hydrogens is 228 g/mol. The van der Waals surface area contributed by atoms with E-state index in [1.807, 2.05) is 12.1 Å². The van der Waals surface area contributed by atoms with Crippen molar-refractivity contribution < 1.29 is 0 Å². The standard InChI is InChI=1S/C12H18N6/c1-3-6-14-11(10-4-7-13-8-5-10)9-12-15-17-18(2)16-12/h4-5,7-8,11,14H,3,6,9H2,1-2H3. The van der Waals surface area contributed by atoms with Crippen LogP contribution in [0, 0.1) is 0 Å². The lowest BCUT2D eigenvalue weighted by molar-refractivity contribution is 0.516. The molecule has 18 heavy (non-hydrogen) atoms. The van der Waals surface area contributed by atoms with Gasteiger partial charge in [-0.1, -0.05) is 6.92 Å². The maximum absolute atomic E-state index is 4.22. The van der Waals surface area contributed by atoms with Gasteiger partial charge in [-0.05, 0) is 35.9 Å². The van der Waals surface area contributed by atoms with Crippen LogP contribution in [0.1, 0.15) is 30.8 Å². The minimum Gasteiger partial charge on any atom is -0.310 e. The zero-order chi connectivity index (χ0) is 12.8. The van der Waals surface area contributed by atoms with Gasteiger partial charge in [-0.3, -0.25) is 4.98 Å². The van der Waals surface area contributed by atoms with Gasteiger partial charge in [0.1, 0.15) is 0 Å². The summed E-state index contributed by atoms with van der Waals surface area (Å²) in [6.07, 6.45) is 5.44. The van der Waals surface area contributed by atoms with Crippen molar-refractivity contribution in [2.24, 2.45) is 7.05 Å². The van der Waals surface area contributed by atoms with E-state index in [2.05, 4.69) is 32.6 Å². The molecule has 2 heterocycles.